The largest absolute Gasteiger partial charge is 0.418 e. The maximum Gasteiger partial charge on any atom is 0.418 e. The molecule has 1 aliphatic rings. The van der Waals surface area contributed by atoms with E-state index in [0.717, 1.165) is 11.8 Å². The van der Waals surface area contributed by atoms with E-state index in [1.807, 2.05) is 0 Å². The third kappa shape index (κ3) is 3.85. The van der Waals surface area contributed by atoms with Crippen LogP contribution in [0.15, 0.2) is 35.1 Å². The molecule has 3 rings (SSSR count). The zero-order valence-corrected chi connectivity index (χ0v) is 15.3. The molecule has 1 aromatic carbocycles. The number of nitrogens with zero attached hydrogens (tertiary/aromatic N) is 1. The molecule has 5 nitrogen and oxygen atoms in total. The summed E-state index contributed by atoms with van der Waals surface area (Å²) in [6.45, 7) is 3.45. The van der Waals surface area contributed by atoms with Crippen LogP contribution in [0.1, 0.15) is 26.5 Å². The number of morpholine rings is 1. The number of halogens is 3. The molecule has 1 amide bonds. The van der Waals surface area contributed by atoms with Crippen molar-refractivity contribution in [1.29, 1.82) is 0 Å². The van der Waals surface area contributed by atoms with E-state index in [0.29, 0.717) is 16.5 Å². The first-order valence-electron chi connectivity index (χ1n) is 8.56. The van der Waals surface area contributed by atoms with Crippen LogP contribution in [0.25, 0.3) is 10.8 Å². The highest BCUT2D eigenvalue weighted by Crippen LogP contribution is 2.40. The number of alkyl halides is 3. The summed E-state index contributed by atoms with van der Waals surface area (Å²) >= 11 is 0. The fraction of sp³-hybridized carbons (Fsp3) is 0.474. The van der Waals surface area contributed by atoms with Crippen molar-refractivity contribution in [3.63, 3.8) is 0 Å². The lowest BCUT2D eigenvalue weighted by Crippen LogP contribution is -2.65. The number of H-pyrrole nitrogens is 1. The quantitative estimate of drug-likeness (QED) is 0.869. The van der Waals surface area contributed by atoms with Gasteiger partial charge < -0.3 is 14.6 Å². The second kappa shape index (κ2) is 6.37. The van der Waals surface area contributed by atoms with Crippen LogP contribution in [0.5, 0.6) is 0 Å². The van der Waals surface area contributed by atoms with Crippen molar-refractivity contribution in [3.8, 4) is 0 Å². The Bertz CT molecular complexity index is 936. The molecule has 1 unspecified atom stereocenters. The van der Waals surface area contributed by atoms with Crippen molar-refractivity contribution < 1.29 is 22.7 Å². The van der Waals surface area contributed by atoms with Gasteiger partial charge in [-0.2, -0.15) is 13.2 Å². The molecule has 2 aromatic rings. The minimum Gasteiger partial charge on any atom is -0.356 e. The van der Waals surface area contributed by atoms with E-state index in [2.05, 4.69) is 4.98 Å². The predicted octanol–water partition coefficient (Wildman–Crippen LogP) is 3.03. The Labute approximate surface area is 154 Å². The first-order valence-corrected chi connectivity index (χ1v) is 8.56. The van der Waals surface area contributed by atoms with E-state index in [1.165, 1.54) is 13.8 Å². The van der Waals surface area contributed by atoms with Gasteiger partial charge in [0.25, 0.3) is 5.56 Å². The van der Waals surface area contributed by atoms with E-state index >= 15 is 0 Å². The van der Waals surface area contributed by atoms with Crippen LogP contribution in [0.2, 0.25) is 0 Å². The van der Waals surface area contributed by atoms with E-state index in [1.54, 1.807) is 30.3 Å². The molecule has 0 radical (unpaired) electrons. The average molecular weight is 382 g/mol. The minimum atomic E-state index is -4.61. The summed E-state index contributed by atoms with van der Waals surface area (Å²) in [5, 5.41) is 1.16. The highest BCUT2D eigenvalue weighted by atomic mass is 19.4. The molecule has 146 valence electrons. The lowest BCUT2D eigenvalue weighted by molar-refractivity contribution is -0.319. The van der Waals surface area contributed by atoms with Crippen LogP contribution < -0.4 is 5.56 Å². The van der Waals surface area contributed by atoms with Gasteiger partial charge >= 0.3 is 6.18 Å². The number of fused-ring (bicyclic) bond motifs is 1. The normalized spacial score (nSPS) is 22.8. The van der Waals surface area contributed by atoms with Crippen molar-refractivity contribution in [2.75, 3.05) is 13.1 Å². The number of aromatic amines is 1. The summed E-state index contributed by atoms with van der Waals surface area (Å²) in [7, 11) is 0. The lowest BCUT2D eigenvalue weighted by Gasteiger charge is -2.48. The second-order valence-electron chi connectivity index (χ2n) is 7.73. The number of carbonyl (C=O) groups is 1. The zero-order chi connectivity index (χ0) is 20.0. The SMILES string of the molecule is CC1(C)CN(C(=O)Cc2cc3ccccc3c(=O)[nH]2)CC(C)(C(F)(F)F)O1. The summed E-state index contributed by atoms with van der Waals surface area (Å²) in [5.41, 5.74) is -3.56. The fourth-order valence-electron chi connectivity index (χ4n) is 3.51. The minimum absolute atomic E-state index is 0.0370. The van der Waals surface area contributed by atoms with Crippen LogP contribution in [-0.4, -0.2) is 46.3 Å². The van der Waals surface area contributed by atoms with Gasteiger partial charge in [0.15, 0.2) is 5.60 Å². The zero-order valence-electron chi connectivity index (χ0n) is 15.3. The number of amides is 1. The number of aromatic nitrogens is 1. The molecule has 1 aliphatic heterocycles. The van der Waals surface area contributed by atoms with Crippen LogP contribution in [0.4, 0.5) is 13.2 Å². The first kappa shape index (κ1) is 19.4. The van der Waals surface area contributed by atoms with E-state index in [4.69, 9.17) is 4.74 Å². The highest BCUT2D eigenvalue weighted by molar-refractivity contribution is 5.84. The van der Waals surface area contributed by atoms with Gasteiger partial charge in [-0.1, -0.05) is 18.2 Å². The number of hydrogen-bond donors (Lipinski definition) is 1. The van der Waals surface area contributed by atoms with Gasteiger partial charge in [0.05, 0.1) is 18.6 Å². The second-order valence-corrected chi connectivity index (χ2v) is 7.73. The Kier molecular flexibility index (Phi) is 4.58. The molecule has 1 fully saturated rings. The van der Waals surface area contributed by atoms with Gasteiger partial charge in [-0.05, 0) is 38.3 Å². The average Bonchev–Trinajstić information content (AvgIpc) is 2.52. The lowest BCUT2D eigenvalue weighted by atomic mass is 9.96. The van der Waals surface area contributed by atoms with Crippen molar-refractivity contribution in [2.24, 2.45) is 0 Å². The molecule has 0 saturated carbocycles. The maximum absolute atomic E-state index is 13.4. The molecule has 27 heavy (non-hydrogen) atoms. The third-order valence-corrected chi connectivity index (χ3v) is 4.67. The van der Waals surface area contributed by atoms with Gasteiger partial charge in [-0.15, -0.1) is 0 Å². The molecule has 1 aromatic heterocycles. The van der Waals surface area contributed by atoms with Crippen LogP contribution in [-0.2, 0) is 16.0 Å². The third-order valence-electron chi connectivity index (χ3n) is 4.67. The Morgan fingerprint density at radius 2 is 1.89 bits per heavy atom. The molecule has 0 bridgehead atoms. The van der Waals surface area contributed by atoms with Crippen molar-refractivity contribution >= 4 is 16.7 Å². The van der Waals surface area contributed by atoms with E-state index in [-0.39, 0.29) is 18.5 Å². The Balaban J connectivity index is 1.86. The highest BCUT2D eigenvalue weighted by Gasteiger charge is 2.58. The molecule has 1 N–H and O–H groups in total. The van der Waals surface area contributed by atoms with Gasteiger partial charge in [0.1, 0.15) is 0 Å². The Morgan fingerprint density at radius 1 is 1.22 bits per heavy atom. The topological polar surface area (TPSA) is 62.4 Å². The number of ether oxygens (including phenoxy) is 1. The molecule has 1 atom stereocenters. The van der Waals surface area contributed by atoms with Crippen molar-refractivity contribution in [3.05, 3.63) is 46.4 Å². The fourth-order valence-corrected chi connectivity index (χ4v) is 3.51. The number of hydrogen-bond acceptors (Lipinski definition) is 3. The Morgan fingerprint density at radius 3 is 2.56 bits per heavy atom. The summed E-state index contributed by atoms with van der Waals surface area (Å²) < 4.78 is 45.6. The van der Waals surface area contributed by atoms with Crippen LogP contribution in [0.3, 0.4) is 0 Å². The van der Waals surface area contributed by atoms with Gasteiger partial charge in [-0.3, -0.25) is 9.59 Å². The first-order chi connectivity index (χ1) is 12.4. The maximum atomic E-state index is 13.4. The van der Waals surface area contributed by atoms with Crippen molar-refractivity contribution in [1.82, 2.24) is 9.88 Å². The number of nitrogens with one attached hydrogen (secondary N) is 1. The molecular formula is C19H21F3N2O3. The smallest absolute Gasteiger partial charge is 0.356 e. The summed E-state index contributed by atoms with van der Waals surface area (Å²) in [4.78, 5) is 28.6. The number of pyridine rings is 1. The molecule has 2 heterocycles. The monoisotopic (exact) mass is 382 g/mol. The summed E-state index contributed by atoms with van der Waals surface area (Å²) in [5.74, 6) is -0.493. The molecular weight excluding hydrogens is 361 g/mol. The van der Waals surface area contributed by atoms with E-state index < -0.39 is 29.8 Å². The summed E-state index contributed by atoms with van der Waals surface area (Å²) in [6, 6.07) is 8.59. The molecule has 1 saturated heterocycles. The molecule has 8 heteroatoms. The Hall–Kier alpha value is -2.35. The molecule has 0 aliphatic carbocycles. The van der Waals surface area contributed by atoms with Gasteiger partial charge in [-0.25, -0.2) is 0 Å². The van der Waals surface area contributed by atoms with Crippen LogP contribution in [0, 0.1) is 0 Å². The number of benzene rings is 1. The summed E-state index contributed by atoms with van der Waals surface area (Å²) in [6.07, 6.45) is -4.80. The number of rotatable bonds is 2. The number of carbonyl (C=O) groups excluding carboxylic acids is 1. The predicted molar refractivity (Wildman–Crippen MR) is 94.5 cm³/mol. The van der Waals surface area contributed by atoms with Gasteiger partial charge in [0, 0.05) is 17.6 Å². The van der Waals surface area contributed by atoms with Crippen LogP contribution >= 0.6 is 0 Å². The molecule has 0 spiro atoms. The van der Waals surface area contributed by atoms with Crippen molar-refractivity contribution in [2.45, 2.75) is 44.6 Å². The van der Waals surface area contributed by atoms with E-state index in [9.17, 15) is 22.8 Å². The van der Waals surface area contributed by atoms with Gasteiger partial charge in [0.2, 0.25) is 5.91 Å². The standard InChI is InChI=1S/C19H21F3N2O3/c1-17(2)10-24(11-18(3,27-17)19(20,21)22)15(25)9-13-8-12-6-4-5-7-14(12)16(26)23-13/h4-8H,9-11H2,1-3H3,(H,23,26).